The molecule has 1 fully saturated rings. The van der Waals surface area contributed by atoms with Crippen LogP contribution in [0.5, 0.6) is 0 Å². The minimum absolute atomic E-state index is 0.0262. The van der Waals surface area contributed by atoms with Gasteiger partial charge in [0.2, 0.25) is 11.8 Å². The highest BCUT2D eigenvalue weighted by atomic mass is 16.2. The van der Waals surface area contributed by atoms with Gasteiger partial charge in [-0.25, -0.2) is 4.79 Å². The first-order chi connectivity index (χ1) is 9.54. The first kappa shape index (κ1) is 13.9. The topological polar surface area (TPSA) is 113 Å². The lowest BCUT2D eigenvalue weighted by molar-refractivity contribution is -0.126. The molecule has 0 bridgehead atoms. The molecule has 1 aliphatic rings. The smallest absolute Gasteiger partial charge is 0.316 e. The number of hydrogen-bond donors (Lipinski definition) is 4. The van der Waals surface area contributed by atoms with E-state index in [1.54, 1.807) is 24.3 Å². The molecule has 0 aromatic heterocycles. The predicted molar refractivity (Wildman–Crippen MR) is 74.0 cm³/mol. The number of hydrogen-bond acceptors (Lipinski definition) is 3. The molecule has 4 amide bonds. The summed E-state index contributed by atoms with van der Waals surface area (Å²) in [5, 5.41) is 7.86. The van der Waals surface area contributed by atoms with Crippen LogP contribution in [0, 0.1) is 5.92 Å². The van der Waals surface area contributed by atoms with E-state index in [0.717, 1.165) is 0 Å². The van der Waals surface area contributed by atoms with Crippen LogP contribution in [-0.2, 0) is 9.59 Å². The minimum Gasteiger partial charge on any atom is -0.355 e. The van der Waals surface area contributed by atoms with E-state index >= 15 is 0 Å². The van der Waals surface area contributed by atoms with Gasteiger partial charge in [0, 0.05) is 24.3 Å². The second-order valence-electron chi connectivity index (χ2n) is 4.60. The van der Waals surface area contributed by atoms with E-state index in [2.05, 4.69) is 16.0 Å². The Morgan fingerprint density at radius 2 is 1.95 bits per heavy atom. The molecule has 1 unspecified atom stereocenters. The van der Waals surface area contributed by atoms with Crippen molar-refractivity contribution < 1.29 is 14.4 Å². The SMILES string of the molecule is NC(=O)Nc1cccc(NC(=O)C2CCC(=O)NC2)c1. The molecule has 1 heterocycles. The molecular formula is C13H16N4O3. The molecule has 0 saturated carbocycles. The number of urea groups is 1. The third-order valence-corrected chi connectivity index (χ3v) is 3.03. The Morgan fingerprint density at radius 3 is 2.55 bits per heavy atom. The molecule has 20 heavy (non-hydrogen) atoms. The van der Waals surface area contributed by atoms with Gasteiger partial charge in [0.1, 0.15) is 0 Å². The van der Waals surface area contributed by atoms with Gasteiger partial charge in [-0.05, 0) is 24.6 Å². The first-order valence-electron chi connectivity index (χ1n) is 6.28. The highest BCUT2D eigenvalue weighted by Gasteiger charge is 2.24. The summed E-state index contributed by atoms with van der Waals surface area (Å²) in [6.07, 6.45) is 0.901. The van der Waals surface area contributed by atoms with Gasteiger partial charge in [0.15, 0.2) is 0 Å². The van der Waals surface area contributed by atoms with E-state index in [4.69, 9.17) is 5.73 Å². The van der Waals surface area contributed by atoms with Gasteiger partial charge in [0.05, 0.1) is 5.92 Å². The van der Waals surface area contributed by atoms with Gasteiger partial charge in [0.25, 0.3) is 0 Å². The average molecular weight is 276 g/mol. The zero-order valence-electron chi connectivity index (χ0n) is 10.8. The number of carbonyl (C=O) groups is 3. The van der Waals surface area contributed by atoms with Crippen LogP contribution in [-0.4, -0.2) is 24.4 Å². The Hall–Kier alpha value is -2.57. The van der Waals surface area contributed by atoms with Crippen LogP contribution < -0.4 is 21.7 Å². The molecule has 1 aliphatic heterocycles. The summed E-state index contributed by atoms with van der Waals surface area (Å²) < 4.78 is 0. The van der Waals surface area contributed by atoms with Crippen molar-refractivity contribution in [3.8, 4) is 0 Å². The summed E-state index contributed by atoms with van der Waals surface area (Å²) in [4.78, 5) is 33.8. The van der Waals surface area contributed by atoms with Crippen LogP contribution in [0.3, 0.4) is 0 Å². The van der Waals surface area contributed by atoms with Gasteiger partial charge < -0.3 is 21.7 Å². The summed E-state index contributed by atoms with van der Waals surface area (Å²) in [5.74, 6) is -0.414. The molecule has 0 spiro atoms. The number of nitrogens with one attached hydrogen (secondary N) is 3. The second-order valence-corrected chi connectivity index (χ2v) is 4.60. The zero-order chi connectivity index (χ0) is 14.5. The molecule has 1 aromatic rings. The van der Waals surface area contributed by atoms with Crippen LogP contribution in [0.2, 0.25) is 0 Å². The fraction of sp³-hybridized carbons (Fsp3) is 0.308. The highest BCUT2D eigenvalue weighted by molar-refractivity contribution is 5.95. The van der Waals surface area contributed by atoms with Gasteiger partial charge in [-0.15, -0.1) is 0 Å². The maximum atomic E-state index is 12.0. The average Bonchev–Trinajstić information content (AvgIpc) is 2.39. The Kier molecular flexibility index (Phi) is 4.19. The van der Waals surface area contributed by atoms with Crippen LogP contribution >= 0.6 is 0 Å². The third-order valence-electron chi connectivity index (χ3n) is 3.03. The van der Waals surface area contributed by atoms with Crippen molar-refractivity contribution in [3.05, 3.63) is 24.3 Å². The summed E-state index contributed by atoms with van der Waals surface area (Å²) in [6, 6.07) is 6.03. The number of anilines is 2. The molecule has 7 nitrogen and oxygen atoms in total. The number of benzene rings is 1. The van der Waals surface area contributed by atoms with E-state index in [9.17, 15) is 14.4 Å². The molecule has 106 valence electrons. The van der Waals surface area contributed by atoms with Gasteiger partial charge in [-0.3, -0.25) is 9.59 Å². The summed E-state index contributed by atoms with van der Waals surface area (Å²) >= 11 is 0. The number of nitrogens with two attached hydrogens (primary N) is 1. The molecule has 1 atom stereocenters. The van der Waals surface area contributed by atoms with Crippen molar-refractivity contribution in [2.75, 3.05) is 17.2 Å². The third kappa shape index (κ3) is 3.71. The maximum absolute atomic E-state index is 12.0. The molecule has 7 heteroatoms. The van der Waals surface area contributed by atoms with E-state index in [1.165, 1.54) is 0 Å². The van der Waals surface area contributed by atoms with Gasteiger partial charge >= 0.3 is 6.03 Å². The number of primary amides is 1. The predicted octanol–water partition coefficient (Wildman–Crippen LogP) is 0.642. The summed E-state index contributed by atoms with van der Waals surface area (Å²) in [6.45, 7) is 0.351. The number of carbonyl (C=O) groups excluding carboxylic acids is 3. The van der Waals surface area contributed by atoms with Crippen LogP contribution in [0.1, 0.15) is 12.8 Å². The van der Waals surface area contributed by atoms with Crippen molar-refractivity contribution in [3.63, 3.8) is 0 Å². The van der Waals surface area contributed by atoms with Crippen molar-refractivity contribution in [1.29, 1.82) is 0 Å². The van der Waals surface area contributed by atoms with Crippen LogP contribution in [0.25, 0.3) is 0 Å². The van der Waals surface area contributed by atoms with Crippen molar-refractivity contribution >= 4 is 29.2 Å². The van der Waals surface area contributed by atoms with Crippen molar-refractivity contribution in [1.82, 2.24) is 5.32 Å². The molecule has 0 radical (unpaired) electrons. The Morgan fingerprint density at radius 1 is 1.25 bits per heavy atom. The lowest BCUT2D eigenvalue weighted by Crippen LogP contribution is -2.40. The first-order valence-corrected chi connectivity index (χ1v) is 6.28. The molecular weight excluding hydrogens is 260 g/mol. The van der Waals surface area contributed by atoms with Crippen molar-refractivity contribution in [2.24, 2.45) is 11.7 Å². The largest absolute Gasteiger partial charge is 0.355 e. The monoisotopic (exact) mass is 276 g/mol. The molecule has 0 aliphatic carbocycles. The lowest BCUT2D eigenvalue weighted by atomic mass is 9.98. The van der Waals surface area contributed by atoms with E-state index in [-0.39, 0.29) is 17.7 Å². The number of rotatable bonds is 3. The molecule has 5 N–H and O–H groups in total. The van der Waals surface area contributed by atoms with Gasteiger partial charge in [-0.2, -0.15) is 0 Å². The molecule has 1 aromatic carbocycles. The second kappa shape index (κ2) is 6.05. The Bertz CT molecular complexity index is 534. The Balaban J connectivity index is 1.97. The van der Waals surface area contributed by atoms with Gasteiger partial charge in [-0.1, -0.05) is 6.07 Å². The summed E-state index contributed by atoms with van der Waals surface area (Å²) in [7, 11) is 0. The van der Waals surface area contributed by atoms with Crippen LogP contribution in [0.4, 0.5) is 16.2 Å². The number of piperidine rings is 1. The quantitative estimate of drug-likeness (QED) is 0.649. The van der Waals surface area contributed by atoms with Crippen LogP contribution in [0.15, 0.2) is 24.3 Å². The lowest BCUT2D eigenvalue weighted by Gasteiger charge is -2.21. The fourth-order valence-electron chi connectivity index (χ4n) is 2.02. The molecule has 1 saturated heterocycles. The normalized spacial score (nSPS) is 18.0. The maximum Gasteiger partial charge on any atom is 0.316 e. The minimum atomic E-state index is -0.663. The van der Waals surface area contributed by atoms with E-state index in [0.29, 0.717) is 30.8 Å². The highest BCUT2D eigenvalue weighted by Crippen LogP contribution is 2.18. The molecule has 2 rings (SSSR count). The van der Waals surface area contributed by atoms with E-state index in [1.807, 2.05) is 0 Å². The Labute approximate surface area is 115 Å². The van der Waals surface area contributed by atoms with E-state index < -0.39 is 6.03 Å². The zero-order valence-corrected chi connectivity index (χ0v) is 10.8. The standard InChI is InChI=1S/C13H16N4O3/c14-13(20)17-10-3-1-2-9(6-10)16-12(19)8-4-5-11(18)15-7-8/h1-3,6,8H,4-5,7H2,(H,15,18)(H,16,19)(H3,14,17,20). The number of amides is 4. The summed E-state index contributed by atoms with van der Waals surface area (Å²) in [5.41, 5.74) is 6.10. The fourth-order valence-corrected chi connectivity index (χ4v) is 2.02. The van der Waals surface area contributed by atoms with Crippen molar-refractivity contribution in [2.45, 2.75) is 12.8 Å².